The van der Waals surface area contributed by atoms with Crippen LogP contribution in [-0.4, -0.2) is 14.2 Å². The SMILES string of the molecule is COc1ccc(COc2cccc(C)c2F)cc1OC. The molecule has 4 heteroatoms. The monoisotopic (exact) mass is 276 g/mol. The van der Waals surface area contributed by atoms with Crippen molar-refractivity contribution in [2.45, 2.75) is 13.5 Å². The van der Waals surface area contributed by atoms with Crippen molar-refractivity contribution < 1.29 is 18.6 Å². The first-order chi connectivity index (χ1) is 9.65. The average molecular weight is 276 g/mol. The minimum absolute atomic E-state index is 0.250. The summed E-state index contributed by atoms with van der Waals surface area (Å²) in [6, 6.07) is 10.6. The molecule has 0 radical (unpaired) electrons. The van der Waals surface area contributed by atoms with Crippen molar-refractivity contribution in [1.82, 2.24) is 0 Å². The van der Waals surface area contributed by atoms with E-state index in [-0.39, 0.29) is 18.2 Å². The van der Waals surface area contributed by atoms with Crippen molar-refractivity contribution >= 4 is 0 Å². The van der Waals surface area contributed by atoms with Gasteiger partial charge in [0.2, 0.25) is 0 Å². The van der Waals surface area contributed by atoms with Gasteiger partial charge < -0.3 is 14.2 Å². The number of ether oxygens (including phenoxy) is 3. The Morgan fingerprint density at radius 2 is 1.70 bits per heavy atom. The van der Waals surface area contributed by atoms with Gasteiger partial charge in [-0.2, -0.15) is 0 Å². The van der Waals surface area contributed by atoms with Crippen molar-refractivity contribution in [3.05, 3.63) is 53.3 Å². The minimum Gasteiger partial charge on any atom is -0.493 e. The molecule has 0 N–H and O–H groups in total. The first kappa shape index (κ1) is 14.2. The Morgan fingerprint density at radius 3 is 2.40 bits per heavy atom. The summed E-state index contributed by atoms with van der Waals surface area (Å²) in [5.74, 6) is 1.20. The molecule has 0 spiro atoms. The highest BCUT2D eigenvalue weighted by Gasteiger charge is 2.08. The van der Waals surface area contributed by atoms with Gasteiger partial charge in [0.15, 0.2) is 23.1 Å². The Balaban J connectivity index is 2.13. The van der Waals surface area contributed by atoms with Crippen LogP contribution >= 0.6 is 0 Å². The summed E-state index contributed by atoms with van der Waals surface area (Å²) in [7, 11) is 3.15. The standard InChI is InChI=1S/C16H17FO3/c1-11-5-4-6-14(16(11)17)20-10-12-7-8-13(18-2)15(9-12)19-3/h4-9H,10H2,1-3H3. The first-order valence-electron chi connectivity index (χ1n) is 6.24. The zero-order chi connectivity index (χ0) is 14.5. The Morgan fingerprint density at radius 1 is 0.950 bits per heavy atom. The molecule has 2 aromatic rings. The highest BCUT2D eigenvalue weighted by Crippen LogP contribution is 2.28. The Bertz CT molecular complexity index is 596. The molecule has 2 rings (SSSR count). The van der Waals surface area contributed by atoms with Crippen molar-refractivity contribution in [2.75, 3.05) is 14.2 Å². The summed E-state index contributed by atoms with van der Waals surface area (Å²) in [6.45, 7) is 1.97. The van der Waals surface area contributed by atoms with Gasteiger partial charge in [-0.05, 0) is 36.2 Å². The van der Waals surface area contributed by atoms with Crippen LogP contribution < -0.4 is 14.2 Å². The molecule has 2 aromatic carbocycles. The minimum atomic E-state index is -0.326. The van der Waals surface area contributed by atoms with Gasteiger partial charge in [0.05, 0.1) is 14.2 Å². The van der Waals surface area contributed by atoms with Crippen LogP contribution in [0.15, 0.2) is 36.4 Å². The normalized spacial score (nSPS) is 10.2. The van der Waals surface area contributed by atoms with Crippen molar-refractivity contribution in [1.29, 1.82) is 0 Å². The fourth-order valence-corrected chi connectivity index (χ4v) is 1.86. The number of benzene rings is 2. The molecule has 0 bridgehead atoms. The molecule has 3 nitrogen and oxygen atoms in total. The summed E-state index contributed by atoms with van der Waals surface area (Å²) < 4.78 is 29.7. The molecule has 0 aliphatic carbocycles. The number of hydrogen-bond acceptors (Lipinski definition) is 3. The number of methoxy groups -OCH3 is 2. The van der Waals surface area contributed by atoms with E-state index in [9.17, 15) is 4.39 Å². The molecule has 0 aliphatic rings. The molecule has 0 heterocycles. The molecule has 0 amide bonds. The van der Waals surface area contributed by atoms with Crippen molar-refractivity contribution in [3.8, 4) is 17.2 Å². The fraction of sp³-hybridized carbons (Fsp3) is 0.250. The van der Waals surface area contributed by atoms with E-state index in [4.69, 9.17) is 14.2 Å². The molecular formula is C16H17FO3. The first-order valence-corrected chi connectivity index (χ1v) is 6.24. The second-order valence-electron chi connectivity index (χ2n) is 4.37. The van der Waals surface area contributed by atoms with E-state index in [2.05, 4.69) is 0 Å². The quantitative estimate of drug-likeness (QED) is 0.832. The van der Waals surface area contributed by atoms with E-state index in [1.54, 1.807) is 45.4 Å². The zero-order valence-corrected chi connectivity index (χ0v) is 11.8. The number of halogens is 1. The van der Waals surface area contributed by atoms with Gasteiger partial charge in [0, 0.05) is 0 Å². The number of rotatable bonds is 5. The molecule has 0 aliphatic heterocycles. The predicted octanol–water partition coefficient (Wildman–Crippen LogP) is 3.73. The lowest BCUT2D eigenvalue weighted by atomic mass is 10.2. The summed E-state index contributed by atoms with van der Waals surface area (Å²) in [5, 5.41) is 0. The lowest BCUT2D eigenvalue weighted by molar-refractivity contribution is 0.288. The molecule has 0 unspecified atom stereocenters. The summed E-state index contributed by atoms with van der Waals surface area (Å²) in [4.78, 5) is 0. The van der Waals surface area contributed by atoms with Gasteiger partial charge in [-0.3, -0.25) is 0 Å². The second-order valence-corrected chi connectivity index (χ2v) is 4.37. The highest BCUT2D eigenvalue weighted by atomic mass is 19.1. The summed E-state index contributed by atoms with van der Waals surface area (Å²) in [5.41, 5.74) is 1.44. The van der Waals surface area contributed by atoms with Crippen molar-refractivity contribution in [2.24, 2.45) is 0 Å². The Labute approximate surface area is 117 Å². The van der Waals surface area contributed by atoms with Gasteiger partial charge in [0.25, 0.3) is 0 Å². The number of aryl methyl sites for hydroxylation is 1. The van der Waals surface area contributed by atoms with Gasteiger partial charge in [-0.1, -0.05) is 18.2 Å². The van der Waals surface area contributed by atoms with Crippen LogP contribution in [0, 0.1) is 12.7 Å². The van der Waals surface area contributed by atoms with Gasteiger partial charge in [0.1, 0.15) is 6.61 Å². The topological polar surface area (TPSA) is 27.7 Å². The Hall–Kier alpha value is -2.23. The maximum atomic E-state index is 13.8. The summed E-state index contributed by atoms with van der Waals surface area (Å²) >= 11 is 0. The largest absolute Gasteiger partial charge is 0.493 e. The third-order valence-electron chi connectivity index (χ3n) is 3.00. The van der Waals surface area contributed by atoms with E-state index in [0.29, 0.717) is 17.1 Å². The molecule has 0 fully saturated rings. The molecule has 0 aromatic heterocycles. The lowest BCUT2D eigenvalue weighted by Crippen LogP contribution is -1.99. The lowest BCUT2D eigenvalue weighted by Gasteiger charge is -2.11. The smallest absolute Gasteiger partial charge is 0.167 e. The third kappa shape index (κ3) is 3.02. The van der Waals surface area contributed by atoms with E-state index >= 15 is 0 Å². The molecular weight excluding hydrogens is 259 g/mol. The van der Waals surface area contributed by atoms with Crippen LogP contribution in [-0.2, 0) is 6.61 Å². The van der Waals surface area contributed by atoms with Gasteiger partial charge in [-0.15, -0.1) is 0 Å². The summed E-state index contributed by atoms with van der Waals surface area (Å²) in [6.07, 6.45) is 0. The van der Waals surface area contributed by atoms with Crippen LogP contribution in [0.5, 0.6) is 17.2 Å². The molecule has 106 valence electrons. The molecule has 0 saturated heterocycles. The molecule has 0 saturated carbocycles. The molecule has 20 heavy (non-hydrogen) atoms. The maximum Gasteiger partial charge on any atom is 0.167 e. The van der Waals surface area contributed by atoms with Crippen LogP contribution in [0.25, 0.3) is 0 Å². The second kappa shape index (κ2) is 6.28. The molecule has 0 atom stereocenters. The van der Waals surface area contributed by atoms with Crippen LogP contribution in [0.1, 0.15) is 11.1 Å². The number of hydrogen-bond donors (Lipinski definition) is 0. The van der Waals surface area contributed by atoms with E-state index in [1.807, 2.05) is 12.1 Å². The Kier molecular flexibility index (Phi) is 4.45. The van der Waals surface area contributed by atoms with E-state index < -0.39 is 0 Å². The van der Waals surface area contributed by atoms with E-state index in [0.717, 1.165) is 5.56 Å². The van der Waals surface area contributed by atoms with Crippen LogP contribution in [0.3, 0.4) is 0 Å². The van der Waals surface area contributed by atoms with Gasteiger partial charge >= 0.3 is 0 Å². The maximum absolute atomic E-state index is 13.8. The third-order valence-corrected chi connectivity index (χ3v) is 3.00. The predicted molar refractivity (Wildman–Crippen MR) is 75.0 cm³/mol. The van der Waals surface area contributed by atoms with Crippen LogP contribution in [0.2, 0.25) is 0 Å². The highest BCUT2D eigenvalue weighted by molar-refractivity contribution is 5.43. The zero-order valence-electron chi connectivity index (χ0n) is 11.8. The van der Waals surface area contributed by atoms with Gasteiger partial charge in [-0.25, -0.2) is 4.39 Å². The van der Waals surface area contributed by atoms with E-state index in [1.165, 1.54) is 0 Å². The average Bonchev–Trinajstić information content (AvgIpc) is 2.48. The van der Waals surface area contributed by atoms with Crippen molar-refractivity contribution in [3.63, 3.8) is 0 Å². The van der Waals surface area contributed by atoms with Crippen LogP contribution in [0.4, 0.5) is 4.39 Å². The fourth-order valence-electron chi connectivity index (χ4n) is 1.86.